The predicted molar refractivity (Wildman–Crippen MR) is 76.7 cm³/mol. The third-order valence-electron chi connectivity index (χ3n) is 2.39. The Bertz CT molecular complexity index is 543. The molecule has 0 atom stereocenters. The normalized spacial score (nSPS) is 9.85. The van der Waals surface area contributed by atoms with E-state index in [2.05, 4.69) is 31.1 Å². The summed E-state index contributed by atoms with van der Waals surface area (Å²) < 4.78 is 0. The molecule has 2 aromatic heterocycles. The quantitative estimate of drug-likeness (QED) is 0.684. The van der Waals surface area contributed by atoms with Gasteiger partial charge in [-0.3, -0.25) is 4.79 Å². The van der Waals surface area contributed by atoms with Crippen molar-refractivity contribution in [2.75, 3.05) is 23.7 Å². The Hall–Kier alpha value is -2.70. The fraction of sp³-hybridized carbons (Fsp3) is 0.231. The van der Waals surface area contributed by atoms with Crippen LogP contribution in [0.25, 0.3) is 0 Å². The van der Waals surface area contributed by atoms with E-state index in [1.165, 1.54) is 6.92 Å². The summed E-state index contributed by atoms with van der Waals surface area (Å²) in [5.41, 5.74) is 0. The number of carbonyl (C=O) groups is 1. The van der Waals surface area contributed by atoms with E-state index < -0.39 is 0 Å². The van der Waals surface area contributed by atoms with E-state index in [9.17, 15) is 4.79 Å². The number of rotatable bonds is 6. The van der Waals surface area contributed by atoms with Crippen molar-refractivity contribution < 1.29 is 4.79 Å². The van der Waals surface area contributed by atoms with Gasteiger partial charge >= 0.3 is 0 Å². The Kier molecular flexibility index (Phi) is 4.82. The Balaban J connectivity index is 1.82. The van der Waals surface area contributed by atoms with Crippen LogP contribution >= 0.6 is 0 Å². The Morgan fingerprint density at radius 2 is 1.85 bits per heavy atom. The molecule has 20 heavy (non-hydrogen) atoms. The van der Waals surface area contributed by atoms with E-state index in [1.807, 2.05) is 30.3 Å². The number of aromatic nitrogens is 3. The van der Waals surface area contributed by atoms with E-state index in [-0.39, 0.29) is 5.91 Å². The third-order valence-corrected chi connectivity index (χ3v) is 2.39. The summed E-state index contributed by atoms with van der Waals surface area (Å²) in [5, 5.41) is 16.9. The average molecular weight is 272 g/mol. The van der Waals surface area contributed by atoms with Crippen molar-refractivity contribution in [1.82, 2.24) is 20.5 Å². The van der Waals surface area contributed by atoms with Gasteiger partial charge in [0, 0.05) is 26.2 Å². The maximum Gasteiger partial charge on any atom is 0.216 e. The van der Waals surface area contributed by atoms with Gasteiger partial charge in [-0.2, -0.15) is 0 Å². The zero-order valence-corrected chi connectivity index (χ0v) is 11.1. The lowest BCUT2D eigenvalue weighted by Crippen LogP contribution is -2.26. The highest BCUT2D eigenvalue weighted by atomic mass is 16.1. The number of carbonyl (C=O) groups excluding carboxylic acids is 1. The minimum atomic E-state index is -0.0483. The van der Waals surface area contributed by atoms with Crippen molar-refractivity contribution in [3.8, 4) is 0 Å². The first-order valence-corrected chi connectivity index (χ1v) is 6.24. The second-order valence-electron chi connectivity index (χ2n) is 4.05. The van der Waals surface area contributed by atoms with Crippen LogP contribution in [0.1, 0.15) is 6.92 Å². The highest BCUT2D eigenvalue weighted by molar-refractivity contribution is 5.72. The van der Waals surface area contributed by atoms with Gasteiger partial charge in [-0.05, 0) is 24.3 Å². The van der Waals surface area contributed by atoms with Gasteiger partial charge in [-0.25, -0.2) is 4.98 Å². The van der Waals surface area contributed by atoms with Crippen LogP contribution in [-0.2, 0) is 4.79 Å². The molecule has 0 aliphatic carbocycles. The number of nitrogens with zero attached hydrogens (tertiary/aromatic N) is 3. The molecule has 0 bridgehead atoms. The van der Waals surface area contributed by atoms with Gasteiger partial charge in [0.2, 0.25) is 5.91 Å². The van der Waals surface area contributed by atoms with Crippen LogP contribution in [0.3, 0.4) is 0 Å². The number of hydrogen-bond acceptors (Lipinski definition) is 6. The molecule has 104 valence electrons. The van der Waals surface area contributed by atoms with E-state index >= 15 is 0 Å². The van der Waals surface area contributed by atoms with Crippen molar-refractivity contribution >= 4 is 23.4 Å². The van der Waals surface area contributed by atoms with Crippen molar-refractivity contribution in [2.24, 2.45) is 0 Å². The molecule has 2 rings (SSSR count). The summed E-state index contributed by atoms with van der Waals surface area (Å²) in [4.78, 5) is 14.8. The SMILES string of the molecule is CC(=O)NCCNc1ccc(Nc2ccccn2)nn1. The second-order valence-corrected chi connectivity index (χ2v) is 4.05. The molecule has 0 saturated carbocycles. The van der Waals surface area contributed by atoms with Gasteiger partial charge in [0.15, 0.2) is 5.82 Å². The monoisotopic (exact) mass is 272 g/mol. The molecule has 0 radical (unpaired) electrons. The predicted octanol–water partition coefficient (Wildman–Crippen LogP) is 1.16. The van der Waals surface area contributed by atoms with Crippen molar-refractivity contribution in [3.05, 3.63) is 36.5 Å². The number of pyridine rings is 1. The van der Waals surface area contributed by atoms with E-state index in [0.29, 0.717) is 30.5 Å². The highest BCUT2D eigenvalue weighted by Crippen LogP contribution is 2.11. The zero-order chi connectivity index (χ0) is 14.2. The van der Waals surface area contributed by atoms with E-state index in [4.69, 9.17) is 0 Å². The fourth-order valence-electron chi connectivity index (χ4n) is 1.49. The minimum Gasteiger partial charge on any atom is -0.367 e. The summed E-state index contributed by atoms with van der Waals surface area (Å²) in [6.07, 6.45) is 1.70. The third kappa shape index (κ3) is 4.52. The largest absolute Gasteiger partial charge is 0.367 e. The Morgan fingerprint density at radius 3 is 2.50 bits per heavy atom. The van der Waals surface area contributed by atoms with Crippen LogP contribution in [0, 0.1) is 0 Å². The van der Waals surface area contributed by atoms with Crippen LogP contribution in [-0.4, -0.2) is 34.2 Å². The number of amides is 1. The summed E-state index contributed by atoms with van der Waals surface area (Å²) in [6, 6.07) is 9.20. The van der Waals surface area contributed by atoms with Gasteiger partial charge in [-0.15, -0.1) is 10.2 Å². The molecular formula is C13H16N6O. The highest BCUT2D eigenvalue weighted by Gasteiger charge is 1.99. The lowest BCUT2D eigenvalue weighted by Gasteiger charge is -2.07. The molecule has 2 aromatic rings. The fourth-order valence-corrected chi connectivity index (χ4v) is 1.49. The van der Waals surface area contributed by atoms with Crippen LogP contribution < -0.4 is 16.0 Å². The number of hydrogen-bond donors (Lipinski definition) is 3. The second kappa shape index (κ2) is 7.03. The maximum absolute atomic E-state index is 10.7. The van der Waals surface area contributed by atoms with Crippen molar-refractivity contribution in [1.29, 1.82) is 0 Å². The molecule has 0 unspecified atom stereocenters. The first-order valence-electron chi connectivity index (χ1n) is 6.24. The zero-order valence-electron chi connectivity index (χ0n) is 11.1. The molecule has 0 aliphatic rings. The van der Waals surface area contributed by atoms with Gasteiger partial charge < -0.3 is 16.0 Å². The molecular weight excluding hydrogens is 256 g/mol. The summed E-state index contributed by atoms with van der Waals surface area (Å²) in [7, 11) is 0. The summed E-state index contributed by atoms with van der Waals surface area (Å²) >= 11 is 0. The molecule has 7 heteroatoms. The summed E-state index contributed by atoms with van der Waals surface area (Å²) in [6.45, 7) is 2.63. The van der Waals surface area contributed by atoms with Crippen LogP contribution in [0.2, 0.25) is 0 Å². The lowest BCUT2D eigenvalue weighted by molar-refractivity contribution is -0.118. The first kappa shape index (κ1) is 13.7. The summed E-state index contributed by atoms with van der Waals surface area (Å²) in [5.74, 6) is 1.94. The van der Waals surface area contributed by atoms with Gasteiger partial charge in [0.05, 0.1) is 0 Å². The number of anilines is 3. The van der Waals surface area contributed by atoms with Gasteiger partial charge in [0.25, 0.3) is 0 Å². The molecule has 7 nitrogen and oxygen atoms in total. The molecule has 0 aliphatic heterocycles. The van der Waals surface area contributed by atoms with E-state index in [0.717, 1.165) is 0 Å². The molecule has 0 saturated heterocycles. The minimum absolute atomic E-state index is 0.0483. The molecule has 0 spiro atoms. The van der Waals surface area contributed by atoms with Gasteiger partial charge in [0.1, 0.15) is 11.6 Å². The average Bonchev–Trinajstić information content (AvgIpc) is 2.46. The molecule has 0 aromatic carbocycles. The smallest absolute Gasteiger partial charge is 0.216 e. The standard InChI is InChI=1S/C13H16N6O/c1-10(20)14-8-9-16-12-5-6-13(19-18-12)17-11-4-2-3-7-15-11/h2-7H,8-9H2,1H3,(H,14,20)(H,16,18)(H,15,17,19). The Morgan fingerprint density at radius 1 is 1.05 bits per heavy atom. The molecule has 0 fully saturated rings. The van der Waals surface area contributed by atoms with Crippen molar-refractivity contribution in [3.63, 3.8) is 0 Å². The lowest BCUT2D eigenvalue weighted by atomic mass is 10.4. The van der Waals surface area contributed by atoms with Crippen LogP contribution in [0.15, 0.2) is 36.5 Å². The topological polar surface area (TPSA) is 91.8 Å². The first-order chi connectivity index (χ1) is 9.74. The molecule has 2 heterocycles. The molecule has 3 N–H and O–H groups in total. The number of nitrogens with one attached hydrogen (secondary N) is 3. The molecule has 1 amide bonds. The van der Waals surface area contributed by atoms with Crippen LogP contribution in [0.4, 0.5) is 17.5 Å². The maximum atomic E-state index is 10.7. The van der Waals surface area contributed by atoms with Crippen molar-refractivity contribution in [2.45, 2.75) is 6.92 Å². The van der Waals surface area contributed by atoms with Crippen LogP contribution in [0.5, 0.6) is 0 Å². The van der Waals surface area contributed by atoms with E-state index in [1.54, 1.807) is 6.20 Å². The van der Waals surface area contributed by atoms with Gasteiger partial charge in [-0.1, -0.05) is 6.07 Å². The Labute approximate surface area is 116 Å².